The summed E-state index contributed by atoms with van der Waals surface area (Å²) in [5.74, 6) is 0.131. The number of hydrogen-bond donors (Lipinski definition) is 0. The van der Waals surface area contributed by atoms with Gasteiger partial charge in [-0.3, -0.25) is 14.5 Å². The molecule has 0 aromatic heterocycles. The van der Waals surface area contributed by atoms with Crippen LogP contribution in [0.2, 0.25) is 0 Å². The molecule has 3 rings (SSSR count). The first kappa shape index (κ1) is 18.6. The van der Waals surface area contributed by atoms with E-state index in [1.54, 1.807) is 7.11 Å². The number of imide groups is 1. The summed E-state index contributed by atoms with van der Waals surface area (Å²) in [5.41, 5.74) is 4.25. The number of amides is 2. The lowest BCUT2D eigenvalue weighted by Crippen LogP contribution is -2.40. The molecule has 1 atom stereocenters. The molecular formula is C21H28N2O3. The van der Waals surface area contributed by atoms with Crippen LogP contribution in [0.15, 0.2) is 23.9 Å². The van der Waals surface area contributed by atoms with Gasteiger partial charge in [-0.2, -0.15) is 0 Å². The zero-order valence-corrected chi connectivity index (χ0v) is 16.2. The number of aryl methyl sites for hydroxylation is 2. The Morgan fingerprint density at radius 1 is 1.15 bits per heavy atom. The first-order valence-electron chi connectivity index (χ1n) is 9.36. The van der Waals surface area contributed by atoms with E-state index in [4.69, 9.17) is 4.74 Å². The van der Waals surface area contributed by atoms with Gasteiger partial charge in [0.15, 0.2) is 0 Å². The largest absolute Gasteiger partial charge is 0.383 e. The topological polar surface area (TPSA) is 49.9 Å². The standard InChI is InChI=1S/C21H28N2O3/c1-14-6-5-9-22(13-14)19-18(17-8-7-15(2)16(3)12-17)20(24)23(21(19)25)10-11-26-4/h7-8,12,14H,5-6,9-11,13H2,1-4H3. The Labute approximate surface area is 155 Å². The minimum absolute atomic E-state index is 0.186. The second-order valence-corrected chi connectivity index (χ2v) is 7.47. The van der Waals surface area contributed by atoms with E-state index in [1.807, 2.05) is 32.0 Å². The molecule has 1 fully saturated rings. The van der Waals surface area contributed by atoms with Gasteiger partial charge < -0.3 is 9.64 Å². The number of likely N-dealkylation sites (tertiary alicyclic amines) is 1. The van der Waals surface area contributed by atoms with Gasteiger partial charge in [-0.15, -0.1) is 0 Å². The van der Waals surface area contributed by atoms with E-state index in [9.17, 15) is 9.59 Å². The molecule has 1 saturated heterocycles. The molecule has 2 aliphatic heterocycles. The third kappa shape index (κ3) is 3.40. The summed E-state index contributed by atoms with van der Waals surface area (Å²) in [4.78, 5) is 29.7. The van der Waals surface area contributed by atoms with Gasteiger partial charge in [-0.25, -0.2) is 0 Å². The van der Waals surface area contributed by atoms with Crippen LogP contribution in [0.3, 0.4) is 0 Å². The highest BCUT2D eigenvalue weighted by Crippen LogP contribution is 2.34. The van der Waals surface area contributed by atoms with Gasteiger partial charge in [-0.1, -0.05) is 25.1 Å². The normalized spacial score (nSPS) is 21.2. The molecule has 2 amide bonds. The number of rotatable bonds is 5. The fraction of sp³-hybridized carbons (Fsp3) is 0.524. The molecule has 26 heavy (non-hydrogen) atoms. The van der Waals surface area contributed by atoms with Gasteiger partial charge in [0.2, 0.25) is 0 Å². The van der Waals surface area contributed by atoms with Crippen molar-refractivity contribution in [1.82, 2.24) is 9.80 Å². The van der Waals surface area contributed by atoms with Gasteiger partial charge >= 0.3 is 0 Å². The average molecular weight is 356 g/mol. The van der Waals surface area contributed by atoms with E-state index in [1.165, 1.54) is 10.5 Å². The molecule has 5 nitrogen and oxygen atoms in total. The monoisotopic (exact) mass is 356 g/mol. The summed E-state index contributed by atoms with van der Waals surface area (Å²) in [6, 6.07) is 5.99. The van der Waals surface area contributed by atoms with Crippen LogP contribution < -0.4 is 0 Å². The molecule has 0 aliphatic carbocycles. The number of piperidine rings is 1. The Hall–Kier alpha value is -2.14. The van der Waals surface area contributed by atoms with Crippen molar-refractivity contribution in [2.24, 2.45) is 5.92 Å². The molecule has 0 spiro atoms. The quantitative estimate of drug-likeness (QED) is 0.761. The molecular weight excluding hydrogens is 328 g/mol. The lowest BCUT2D eigenvalue weighted by atomic mass is 9.96. The maximum absolute atomic E-state index is 13.1. The average Bonchev–Trinajstić information content (AvgIpc) is 2.86. The Morgan fingerprint density at radius 2 is 1.92 bits per heavy atom. The maximum atomic E-state index is 13.1. The van der Waals surface area contributed by atoms with Crippen molar-refractivity contribution in [2.75, 3.05) is 33.4 Å². The minimum Gasteiger partial charge on any atom is -0.383 e. The molecule has 0 N–H and O–H groups in total. The molecule has 1 unspecified atom stereocenters. The van der Waals surface area contributed by atoms with Gasteiger partial charge in [0.05, 0.1) is 18.7 Å². The van der Waals surface area contributed by atoms with Crippen LogP contribution in [-0.4, -0.2) is 55.0 Å². The van der Waals surface area contributed by atoms with Crippen molar-refractivity contribution >= 4 is 17.4 Å². The van der Waals surface area contributed by atoms with Crippen molar-refractivity contribution in [2.45, 2.75) is 33.6 Å². The number of carbonyl (C=O) groups excluding carboxylic acids is 2. The molecule has 1 aromatic carbocycles. The smallest absolute Gasteiger partial charge is 0.277 e. The van der Waals surface area contributed by atoms with E-state index >= 15 is 0 Å². The molecule has 140 valence electrons. The molecule has 2 aliphatic rings. The first-order chi connectivity index (χ1) is 12.4. The van der Waals surface area contributed by atoms with Crippen LogP contribution in [0.4, 0.5) is 0 Å². The number of nitrogens with zero attached hydrogens (tertiary/aromatic N) is 2. The van der Waals surface area contributed by atoms with Crippen molar-refractivity contribution < 1.29 is 14.3 Å². The lowest BCUT2D eigenvalue weighted by molar-refractivity contribution is -0.138. The van der Waals surface area contributed by atoms with E-state index in [2.05, 4.69) is 11.8 Å². The highest BCUT2D eigenvalue weighted by atomic mass is 16.5. The highest BCUT2D eigenvalue weighted by Gasteiger charge is 2.42. The molecule has 2 heterocycles. The summed E-state index contributed by atoms with van der Waals surface area (Å²) < 4.78 is 5.10. The van der Waals surface area contributed by atoms with Crippen LogP contribution in [0.1, 0.15) is 36.5 Å². The predicted octanol–water partition coefficient (Wildman–Crippen LogP) is 2.76. The Balaban J connectivity index is 2.06. The second kappa shape index (κ2) is 7.62. The van der Waals surface area contributed by atoms with Crippen LogP contribution in [0.25, 0.3) is 5.57 Å². The molecule has 1 aromatic rings. The van der Waals surface area contributed by atoms with Gasteiger partial charge in [0, 0.05) is 20.2 Å². The Bertz CT molecular complexity index is 754. The molecule has 5 heteroatoms. The predicted molar refractivity (Wildman–Crippen MR) is 101 cm³/mol. The number of hydrogen-bond acceptors (Lipinski definition) is 4. The number of methoxy groups -OCH3 is 1. The third-order valence-electron chi connectivity index (χ3n) is 5.43. The van der Waals surface area contributed by atoms with E-state index in [0.29, 0.717) is 23.8 Å². The minimum atomic E-state index is -0.205. The second-order valence-electron chi connectivity index (χ2n) is 7.47. The fourth-order valence-electron chi connectivity index (χ4n) is 3.79. The van der Waals surface area contributed by atoms with Crippen LogP contribution >= 0.6 is 0 Å². The van der Waals surface area contributed by atoms with Crippen molar-refractivity contribution in [3.8, 4) is 0 Å². The zero-order valence-electron chi connectivity index (χ0n) is 16.2. The maximum Gasteiger partial charge on any atom is 0.277 e. The van der Waals surface area contributed by atoms with E-state index < -0.39 is 0 Å². The SMILES string of the molecule is COCCN1C(=O)C(c2ccc(C)c(C)c2)=C(N2CCCC(C)C2)C1=O. The van der Waals surface area contributed by atoms with Gasteiger partial charge in [0.25, 0.3) is 11.8 Å². The van der Waals surface area contributed by atoms with E-state index in [0.717, 1.165) is 37.1 Å². The third-order valence-corrected chi connectivity index (χ3v) is 5.43. The molecule has 0 bridgehead atoms. The van der Waals surface area contributed by atoms with Crippen LogP contribution in [-0.2, 0) is 14.3 Å². The zero-order chi connectivity index (χ0) is 18.8. The number of ether oxygens (including phenoxy) is 1. The van der Waals surface area contributed by atoms with Gasteiger partial charge in [0.1, 0.15) is 5.70 Å². The molecule has 0 saturated carbocycles. The summed E-state index contributed by atoms with van der Waals surface area (Å²) >= 11 is 0. The number of benzene rings is 1. The fourth-order valence-corrected chi connectivity index (χ4v) is 3.79. The van der Waals surface area contributed by atoms with E-state index in [-0.39, 0.29) is 18.4 Å². The van der Waals surface area contributed by atoms with Gasteiger partial charge in [-0.05, 0) is 49.3 Å². The van der Waals surface area contributed by atoms with Crippen molar-refractivity contribution in [1.29, 1.82) is 0 Å². The van der Waals surface area contributed by atoms with Crippen LogP contribution in [0, 0.1) is 19.8 Å². The molecule has 0 radical (unpaired) electrons. The first-order valence-corrected chi connectivity index (χ1v) is 9.36. The summed E-state index contributed by atoms with van der Waals surface area (Å²) in [7, 11) is 1.58. The van der Waals surface area contributed by atoms with Crippen molar-refractivity contribution in [3.05, 3.63) is 40.6 Å². The van der Waals surface area contributed by atoms with Crippen LogP contribution in [0.5, 0.6) is 0 Å². The summed E-state index contributed by atoms with van der Waals surface area (Å²) in [5, 5.41) is 0. The lowest BCUT2D eigenvalue weighted by Gasteiger charge is -2.33. The number of carbonyl (C=O) groups is 2. The summed E-state index contributed by atoms with van der Waals surface area (Å²) in [6.45, 7) is 8.56. The summed E-state index contributed by atoms with van der Waals surface area (Å²) in [6.07, 6.45) is 2.21. The Morgan fingerprint density at radius 3 is 2.58 bits per heavy atom. The highest BCUT2D eigenvalue weighted by molar-refractivity contribution is 6.35. The van der Waals surface area contributed by atoms with Crippen molar-refractivity contribution in [3.63, 3.8) is 0 Å². The Kier molecular flexibility index (Phi) is 5.47.